The fraction of sp³-hybridized carbons (Fsp3) is 0.158. The Labute approximate surface area is 135 Å². The van der Waals surface area contributed by atoms with Gasteiger partial charge in [0, 0.05) is 12.1 Å². The zero-order valence-corrected chi connectivity index (χ0v) is 12.9. The number of hydrogen-bond acceptors (Lipinski definition) is 4. The van der Waals surface area contributed by atoms with Gasteiger partial charge in [0.1, 0.15) is 6.07 Å². The summed E-state index contributed by atoms with van der Waals surface area (Å²) in [6, 6.07) is 20.1. The molecule has 0 saturated carbocycles. The molecule has 4 nitrogen and oxygen atoms in total. The highest BCUT2D eigenvalue weighted by molar-refractivity contribution is 5.59. The Morgan fingerprint density at radius 2 is 1.83 bits per heavy atom. The standard InChI is InChI=1S/C19H17N3O/c1-14-7-9-16(10-8-14)18-22-17(13-20)19(23-18)21-12-11-15-5-3-2-4-6-15/h2-10,21H,11-12H2,1H3. The highest BCUT2D eigenvalue weighted by Crippen LogP contribution is 2.25. The van der Waals surface area contributed by atoms with Crippen molar-refractivity contribution in [3.05, 3.63) is 71.4 Å². The van der Waals surface area contributed by atoms with Gasteiger partial charge in [-0.05, 0) is 31.0 Å². The molecule has 0 spiro atoms. The van der Waals surface area contributed by atoms with Crippen LogP contribution in [0.3, 0.4) is 0 Å². The number of aromatic nitrogens is 1. The summed E-state index contributed by atoms with van der Waals surface area (Å²) in [5, 5.41) is 12.4. The largest absolute Gasteiger partial charge is 0.419 e. The van der Waals surface area contributed by atoms with E-state index in [1.165, 1.54) is 11.1 Å². The summed E-state index contributed by atoms with van der Waals surface area (Å²) in [6.07, 6.45) is 0.853. The van der Waals surface area contributed by atoms with Crippen LogP contribution in [0.25, 0.3) is 11.5 Å². The summed E-state index contributed by atoms with van der Waals surface area (Å²) < 4.78 is 5.72. The molecule has 0 atom stereocenters. The monoisotopic (exact) mass is 303 g/mol. The maximum atomic E-state index is 9.23. The van der Waals surface area contributed by atoms with Crippen molar-refractivity contribution in [2.45, 2.75) is 13.3 Å². The Morgan fingerprint density at radius 1 is 1.09 bits per heavy atom. The molecule has 0 aliphatic heterocycles. The first-order valence-electron chi connectivity index (χ1n) is 7.52. The van der Waals surface area contributed by atoms with Gasteiger partial charge in [-0.1, -0.05) is 48.0 Å². The molecule has 0 fully saturated rings. The van der Waals surface area contributed by atoms with Crippen LogP contribution in [0.2, 0.25) is 0 Å². The van der Waals surface area contributed by atoms with Crippen LogP contribution in [0.15, 0.2) is 59.0 Å². The number of hydrogen-bond donors (Lipinski definition) is 1. The number of anilines is 1. The lowest BCUT2D eigenvalue weighted by molar-refractivity contribution is 0.585. The number of aryl methyl sites for hydroxylation is 1. The normalized spacial score (nSPS) is 10.3. The second-order valence-electron chi connectivity index (χ2n) is 5.34. The molecular weight excluding hydrogens is 286 g/mol. The van der Waals surface area contributed by atoms with Gasteiger partial charge in [-0.25, -0.2) is 0 Å². The first kappa shape index (κ1) is 14.9. The molecule has 0 amide bonds. The van der Waals surface area contributed by atoms with Crippen LogP contribution in [-0.2, 0) is 6.42 Å². The van der Waals surface area contributed by atoms with Gasteiger partial charge in [-0.3, -0.25) is 0 Å². The van der Waals surface area contributed by atoms with Crippen LogP contribution in [0.5, 0.6) is 0 Å². The van der Waals surface area contributed by atoms with Crippen molar-refractivity contribution in [1.82, 2.24) is 4.98 Å². The highest BCUT2D eigenvalue weighted by atomic mass is 16.4. The van der Waals surface area contributed by atoms with E-state index in [9.17, 15) is 5.26 Å². The predicted octanol–water partition coefficient (Wildman–Crippen LogP) is 4.18. The fourth-order valence-corrected chi connectivity index (χ4v) is 2.30. The minimum Gasteiger partial charge on any atom is -0.419 e. The summed E-state index contributed by atoms with van der Waals surface area (Å²) in [7, 11) is 0. The number of nitrogens with zero attached hydrogens (tertiary/aromatic N) is 2. The van der Waals surface area contributed by atoms with Gasteiger partial charge in [0.15, 0.2) is 0 Å². The first-order valence-corrected chi connectivity index (χ1v) is 7.52. The maximum Gasteiger partial charge on any atom is 0.232 e. The molecule has 0 bridgehead atoms. The molecule has 2 aromatic carbocycles. The summed E-state index contributed by atoms with van der Waals surface area (Å²) in [5.41, 5.74) is 3.55. The molecule has 0 saturated heterocycles. The molecule has 3 rings (SSSR count). The van der Waals surface area contributed by atoms with E-state index in [2.05, 4.69) is 28.5 Å². The molecule has 23 heavy (non-hydrogen) atoms. The second kappa shape index (κ2) is 6.80. The van der Waals surface area contributed by atoms with Gasteiger partial charge < -0.3 is 9.73 Å². The van der Waals surface area contributed by atoms with Crippen molar-refractivity contribution in [2.24, 2.45) is 0 Å². The van der Waals surface area contributed by atoms with Crippen LogP contribution in [0, 0.1) is 18.3 Å². The van der Waals surface area contributed by atoms with Crippen molar-refractivity contribution in [1.29, 1.82) is 5.26 Å². The quantitative estimate of drug-likeness (QED) is 0.768. The van der Waals surface area contributed by atoms with Crippen molar-refractivity contribution >= 4 is 5.88 Å². The zero-order valence-electron chi connectivity index (χ0n) is 12.9. The van der Waals surface area contributed by atoms with Crippen molar-refractivity contribution in [3.63, 3.8) is 0 Å². The maximum absolute atomic E-state index is 9.23. The van der Waals surface area contributed by atoms with Gasteiger partial charge in [0.05, 0.1) is 0 Å². The van der Waals surface area contributed by atoms with Crippen LogP contribution in [0.1, 0.15) is 16.8 Å². The molecule has 0 radical (unpaired) electrons. The third kappa shape index (κ3) is 3.58. The lowest BCUT2D eigenvalue weighted by Gasteiger charge is -2.03. The van der Waals surface area contributed by atoms with Crippen LogP contribution in [0.4, 0.5) is 5.88 Å². The van der Waals surface area contributed by atoms with Crippen LogP contribution >= 0.6 is 0 Å². The smallest absolute Gasteiger partial charge is 0.232 e. The number of benzene rings is 2. The molecule has 4 heteroatoms. The Morgan fingerprint density at radius 3 is 2.52 bits per heavy atom. The Balaban J connectivity index is 1.72. The summed E-state index contributed by atoms with van der Waals surface area (Å²) in [4.78, 5) is 4.26. The molecule has 1 heterocycles. The van der Waals surface area contributed by atoms with Gasteiger partial charge in [-0.15, -0.1) is 0 Å². The number of oxazole rings is 1. The van der Waals surface area contributed by atoms with Gasteiger partial charge in [-0.2, -0.15) is 10.2 Å². The third-order valence-electron chi connectivity index (χ3n) is 3.57. The fourth-order valence-electron chi connectivity index (χ4n) is 2.30. The molecule has 3 aromatic rings. The van der Waals surface area contributed by atoms with E-state index >= 15 is 0 Å². The topological polar surface area (TPSA) is 61.9 Å². The molecule has 0 unspecified atom stereocenters. The van der Waals surface area contributed by atoms with E-state index in [0.717, 1.165) is 12.0 Å². The average molecular weight is 303 g/mol. The number of rotatable bonds is 5. The van der Waals surface area contributed by atoms with Crippen molar-refractivity contribution in [3.8, 4) is 17.5 Å². The van der Waals surface area contributed by atoms with Crippen molar-refractivity contribution < 1.29 is 4.42 Å². The van der Waals surface area contributed by atoms with E-state index in [0.29, 0.717) is 18.3 Å². The Bertz CT molecular complexity index is 814. The highest BCUT2D eigenvalue weighted by Gasteiger charge is 2.13. The van der Waals surface area contributed by atoms with E-state index in [1.54, 1.807) is 0 Å². The summed E-state index contributed by atoms with van der Waals surface area (Å²) in [5.74, 6) is 0.891. The van der Waals surface area contributed by atoms with Crippen LogP contribution < -0.4 is 5.32 Å². The minimum atomic E-state index is 0.286. The first-order chi connectivity index (χ1) is 11.3. The van der Waals surface area contributed by atoms with Gasteiger partial charge in [0.25, 0.3) is 0 Å². The molecule has 1 aromatic heterocycles. The average Bonchev–Trinajstić information content (AvgIpc) is 3.00. The minimum absolute atomic E-state index is 0.286. The zero-order chi connectivity index (χ0) is 16.1. The van der Waals surface area contributed by atoms with Crippen LogP contribution in [-0.4, -0.2) is 11.5 Å². The SMILES string of the molecule is Cc1ccc(-c2nc(C#N)c(NCCc3ccccc3)o2)cc1. The lowest BCUT2D eigenvalue weighted by atomic mass is 10.1. The molecule has 1 N–H and O–H groups in total. The molecular formula is C19H17N3O. The Hall–Kier alpha value is -3.06. The van der Waals surface area contributed by atoms with E-state index < -0.39 is 0 Å². The third-order valence-corrected chi connectivity index (χ3v) is 3.57. The van der Waals surface area contributed by atoms with E-state index in [1.807, 2.05) is 49.4 Å². The molecule has 0 aliphatic carbocycles. The Kier molecular flexibility index (Phi) is 4.39. The van der Waals surface area contributed by atoms with E-state index in [4.69, 9.17) is 4.42 Å². The van der Waals surface area contributed by atoms with Gasteiger partial charge in [0.2, 0.25) is 17.5 Å². The summed E-state index contributed by atoms with van der Waals surface area (Å²) >= 11 is 0. The summed E-state index contributed by atoms with van der Waals surface area (Å²) in [6.45, 7) is 2.71. The number of nitrogens with one attached hydrogen (secondary N) is 1. The second-order valence-corrected chi connectivity index (χ2v) is 5.34. The lowest BCUT2D eigenvalue weighted by Crippen LogP contribution is -2.05. The molecule has 0 aliphatic rings. The number of nitriles is 1. The van der Waals surface area contributed by atoms with E-state index in [-0.39, 0.29) is 5.69 Å². The van der Waals surface area contributed by atoms with Crippen molar-refractivity contribution in [2.75, 3.05) is 11.9 Å². The van der Waals surface area contributed by atoms with Gasteiger partial charge >= 0.3 is 0 Å². The predicted molar refractivity (Wildman–Crippen MR) is 90.0 cm³/mol. The molecule has 114 valence electrons.